The smallest absolute Gasteiger partial charge is 0.316 e. The molecule has 2 aliphatic heterocycles. The number of benzene rings is 1. The summed E-state index contributed by atoms with van der Waals surface area (Å²) in [5.74, 6) is -2.25. The fourth-order valence-corrected chi connectivity index (χ4v) is 2.49. The Morgan fingerprint density at radius 2 is 2.11 bits per heavy atom. The van der Waals surface area contributed by atoms with Crippen LogP contribution in [0.4, 0.5) is 5.69 Å². The van der Waals surface area contributed by atoms with Crippen LogP contribution in [-0.4, -0.2) is 23.5 Å². The van der Waals surface area contributed by atoms with E-state index in [0.29, 0.717) is 26.2 Å². The molecule has 0 radical (unpaired) electrons. The van der Waals surface area contributed by atoms with Crippen molar-refractivity contribution in [3.63, 3.8) is 0 Å². The molecule has 0 aliphatic carbocycles. The van der Waals surface area contributed by atoms with Gasteiger partial charge in [-0.2, -0.15) is 0 Å². The second-order valence-electron chi connectivity index (χ2n) is 4.62. The molecular weight excluding hydrogens is 234 g/mol. The summed E-state index contributed by atoms with van der Waals surface area (Å²) in [6, 6.07) is 5.72. The van der Waals surface area contributed by atoms with Gasteiger partial charge in [0.1, 0.15) is 5.92 Å². The van der Waals surface area contributed by atoms with Gasteiger partial charge in [0.25, 0.3) is 0 Å². The number of rotatable bonds is 2. The molecule has 2 heterocycles. The minimum Gasteiger partial charge on any atom is -0.481 e. The zero-order chi connectivity index (χ0) is 12.7. The van der Waals surface area contributed by atoms with Crippen LogP contribution in [0.2, 0.25) is 0 Å². The van der Waals surface area contributed by atoms with E-state index in [4.69, 9.17) is 9.84 Å². The molecule has 1 fully saturated rings. The van der Waals surface area contributed by atoms with Gasteiger partial charge in [0.15, 0.2) is 0 Å². The lowest BCUT2D eigenvalue weighted by Gasteiger charge is -2.17. The zero-order valence-electron chi connectivity index (χ0n) is 9.76. The summed E-state index contributed by atoms with van der Waals surface area (Å²) in [6.45, 7) is 1.64. The Labute approximate surface area is 104 Å². The van der Waals surface area contributed by atoms with Gasteiger partial charge in [0.05, 0.1) is 13.2 Å². The third-order valence-electron chi connectivity index (χ3n) is 3.52. The van der Waals surface area contributed by atoms with Crippen LogP contribution < -0.4 is 4.90 Å². The Bertz CT molecular complexity index is 526. The molecule has 0 bridgehead atoms. The molecule has 1 unspecified atom stereocenters. The number of amides is 1. The molecule has 5 nitrogen and oxygen atoms in total. The van der Waals surface area contributed by atoms with Crippen LogP contribution in [-0.2, 0) is 27.5 Å². The maximum Gasteiger partial charge on any atom is 0.316 e. The largest absolute Gasteiger partial charge is 0.481 e. The van der Waals surface area contributed by atoms with Crippen LogP contribution in [0, 0.1) is 5.92 Å². The minimum atomic E-state index is -1.04. The number of aliphatic carboxylic acids is 1. The van der Waals surface area contributed by atoms with E-state index < -0.39 is 11.9 Å². The second-order valence-corrected chi connectivity index (χ2v) is 4.62. The summed E-state index contributed by atoms with van der Waals surface area (Å²) in [7, 11) is 0. The molecule has 1 atom stereocenters. The van der Waals surface area contributed by atoms with Crippen LogP contribution in [0.25, 0.3) is 0 Å². The molecule has 5 heteroatoms. The van der Waals surface area contributed by atoms with Gasteiger partial charge < -0.3 is 14.7 Å². The van der Waals surface area contributed by atoms with Crippen LogP contribution in [0.1, 0.15) is 17.5 Å². The van der Waals surface area contributed by atoms with Crippen molar-refractivity contribution >= 4 is 17.6 Å². The van der Waals surface area contributed by atoms with Crippen molar-refractivity contribution in [2.45, 2.75) is 19.6 Å². The number of carboxylic acids is 1. The summed E-state index contributed by atoms with van der Waals surface area (Å²) >= 11 is 0. The lowest BCUT2D eigenvalue weighted by atomic mass is 10.1. The first kappa shape index (κ1) is 11.2. The van der Waals surface area contributed by atoms with Crippen LogP contribution >= 0.6 is 0 Å². The summed E-state index contributed by atoms with van der Waals surface area (Å²) in [5.41, 5.74) is 2.99. The number of carboxylic acid groups (broad SMARTS) is 1. The quantitative estimate of drug-likeness (QED) is 0.796. The molecular formula is C13H13NO4. The maximum atomic E-state index is 12.0. The normalized spacial score (nSPS) is 22.3. The molecule has 94 valence electrons. The fourth-order valence-electron chi connectivity index (χ4n) is 2.49. The summed E-state index contributed by atoms with van der Waals surface area (Å²) < 4.78 is 5.32. The zero-order valence-corrected chi connectivity index (χ0v) is 9.76. The molecule has 0 spiro atoms. The third kappa shape index (κ3) is 1.67. The number of fused-ring (bicyclic) bond motifs is 1. The van der Waals surface area contributed by atoms with Gasteiger partial charge in [-0.25, -0.2) is 0 Å². The monoisotopic (exact) mass is 247 g/mol. The second kappa shape index (κ2) is 4.10. The van der Waals surface area contributed by atoms with E-state index in [9.17, 15) is 9.59 Å². The highest BCUT2D eigenvalue weighted by atomic mass is 16.5. The summed E-state index contributed by atoms with van der Waals surface area (Å²) in [5, 5.41) is 8.94. The summed E-state index contributed by atoms with van der Waals surface area (Å²) in [6.07, 6.45) is 0.377. The standard InChI is InChI=1S/C13H13NO4/c15-12-11(13(16)17)3-4-14(12)10-2-1-8-6-18-7-9(8)5-10/h1-2,5,11H,3-4,6-7H2,(H,16,17). The van der Waals surface area contributed by atoms with Gasteiger partial charge in [-0.05, 0) is 29.7 Å². The van der Waals surface area contributed by atoms with Crippen LogP contribution in [0.5, 0.6) is 0 Å². The molecule has 0 saturated carbocycles. The number of carbonyl (C=O) groups excluding carboxylic acids is 1. The first-order valence-corrected chi connectivity index (χ1v) is 5.90. The van der Waals surface area contributed by atoms with Crippen molar-refractivity contribution < 1.29 is 19.4 Å². The number of hydrogen-bond donors (Lipinski definition) is 1. The maximum absolute atomic E-state index is 12.0. The van der Waals surface area contributed by atoms with Gasteiger partial charge in [-0.1, -0.05) is 6.07 Å². The predicted molar refractivity (Wildman–Crippen MR) is 63.0 cm³/mol. The predicted octanol–water partition coefficient (Wildman–Crippen LogP) is 1.15. The SMILES string of the molecule is O=C(O)C1CCN(c2ccc3c(c2)COC3)C1=O. The van der Waals surface area contributed by atoms with E-state index in [1.54, 1.807) is 4.90 Å². The van der Waals surface area contributed by atoms with E-state index in [-0.39, 0.29) is 5.91 Å². The van der Waals surface area contributed by atoms with Crippen molar-refractivity contribution in [3.8, 4) is 0 Å². The lowest BCUT2D eigenvalue weighted by Crippen LogP contribution is -2.30. The van der Waals surface area contributed by atoms with E-state index in [1.807, 2.05) is 18.2 Å². The van der Waals surface area contributed by atoms with E-state index in [0.717, 1.165) is 16.8 Å². The van der Waals surface area contributed by atoms with Crippen molar-refractivity contribution in [2.24, 2.45) is 5.92 Å². The topological polar surface area (TPSA) is 66.8 Å². The van der Waals surface area contributed by atoms with Gasteiger partial charge in [-0.15, -0.1) is 0 Å². The molecule has 1 amide bonds. The lowest BCUT2D eigenvalue weighted by molar-refractivity contribution is -0.144. The molecule has 1 N–H and O–H groups in total. The Morgan fingerprint density at radius 1 is 1.33 bits per heavy atom. The number of anilines is 1. The van der Waals surface area contributed by atoms with Gasteiger partial charge in [0, 0.05) is 12.2 Å². The van der Waals surface area contributed by atoms with Gasteiger partial charge in [0.2, 0.25) is 5.91 Å². The Balaban J connectivity index is 1.88. The highest BCUT2D eigenvalue weighted by molar-refractivity contribution is 6.07. The molecule has 1 aromatic rings. The average Bonchev–Trinajstić information content (AvgIpc) is 2.93. The van der Waals surface area contributed by atoms with E-state index in [1.165, 1.54) is 0 Å². The average molecular weight is 247 g/mol. The molecule has 1 saturated heterocycles. The molecule has 18 heavy (non-hydrogen) atoms. The number of carbonyl (C=O) groups is 2. The number of ether oxygens (including phenoxy) is 1. The fraction of sp³-hybridized carbons (Fsp3) is 0.385. The Kier molecular flexibility index (Phi) is 2.56. The molecule has 0 aromatic heterocycles. The molecule has 2 aliphatic rings. The molecule has 1 aromatic carbocycles. The minimum absolute atomic E-state index is 0.318. The highest BCUT2D eigenvalue weighted by Gasteiger charge is 2.37. The van der Waals surface area contributed by atoms with Crippen molar-refractivity contribution in [2.75, 3.05) is 11.4 Å². The van der Waals surface area contributed by atoms with Crippen LogP contribution in [0.15, 0.2) is 18.2 Å². The first-order chi connectivity index (χ1) is 8.66. The Hall–Kier alpha value is -1.88. The van der Waals surface area contributed by atoms with Gasteiger partial charge >= 0.3 is 5.97 Å². The van der Waals surface area contributed by atoms with Crippen molar-refractivity contribution in [3.05, 3.63) is 29.3 Å². The van der Waals surface area contributed by atoms with E-state index >= 15 is 0 Å². The molecule has 3 rings (SSSR count). The first-order valence-electron chi connectivity index (χ1n) is 5.90. The van der Waals surface area contributed by atoms with Crippen LogP contribution in [0.3, 0.4) is 0 Å². The number of nitrogens with zero attached hydrogens (tertiary/aromatic N) is 1. The highest BCUT2D eigenvalue weighted by Crippen LogP contribution is 2.29. The van der Waals surface area contributed by atoms with Crippen molar-refractivity contribution in [1.82, 2.24) is 0 Å². The Morgan fingerprint density at radius 3 is 2.83 bits per heavy atom. The number of hydrogen-bond acceptors (Lipinski definition) is 3. The third-order valence-corrected chi connectivity index (χ3v) is 3.52. The van der Waals surface area contributed by atoms with Crippen molar-refractivity contribution in [1.29, 1.82) is 0 Å². The summed E-state index contributed by atoms with van der Waals surface area (Å²) in [4.78, 5) is 24.4. The van der Waals surface area contributed by atoms with E-state index in [2.05, 4.69) is 0 Å². The van der Waals surface area contributed by atoms with Gasteiger partial charge in [-0.3, -0.25) is 9.59 Å².